The van der Waals surface area contributed by atoms with E-state index in [-0.39, 0.29) is 5.91 Å². The fourth-order valence-electron chi connectivity index (χ4n) is 3.55. The normalized spacial score (nSPS) is 13.5. The molecule has 0 saturated carbocycles. The molecule has 1 saturated heterocycles. The van der Waals surface area contributed by atoms with Gasteiger partial charge in [-0.3, -0.25) is 4.79 Å². The molecular formula is C22H20N6OS. The van der Waals surface area contributed by atoms with Crippen molar-refractivity contribution in [3.63, 3.8) is 0 Å². The summed E-state index contributed by atoms with van der Waals surface area (Å²) < 4.78 is 1.000. The van der Waals surface area contributed by atoms with E-state index in [0.717, 1.165) is 40.4 Å². The Bertz CT molecular complexity index is 1180. The van der Waals surface area contributed by atoms with Gasteiger partial charge in [0, 0.05) is 36.1 Å². The van der Waals surface area contributed by atoms with Crippen LogP contribution in [-0.2, 0) is 0 Å². The van der Waals surface area contributed by atoms with Crippen LogP contribution in [0.1, 0.15) is 23.2 Å². The zero-order chi connectivity index (χ0) is 20.3. The number of thiazole rings is 1. The smallest absolute Gasteiger partial charge is 0.255 e. The third-order valence-corrected chi connectivity index (χ3v) is 5.91. The van der Waals surface area contributed by atoms with Crippen molar-refractivity contribution in [2.45, 2.75) is 12.8 Å². The first-order valence-electron chi connectivity index (χ1n) is 9.84. The highest BCUT2D eigenvalue weighted by molar-refractivity contribution is 7.16. The van der Waals surface area contributed by atoms with Crippen molar-refractivity contribution < 1.29 is 4.79 Å². The van der Waals surface area contributed by atoms with Crippen molar-refractivity contribution in [2.75, 3.05) is 28.6 Å². The first-order valence-corrected chi connectivity index (χ1v) is 10.7. The van der Waals surface area contributed by atoms with Gasteiger partial charge in [0.05, 0.1) is 27.6 Å². The van der Waals surface area contributed by atoms with Crippen LogP contribution in [0.15, 0.2) is 60.2 Å². The van der Waals surface area contributed by atoms with Gasteiger partial charge in [0.25, 0.3) is 5.91 Å². The summed E-state index contributed by atoms with van der Waals surface area (Å²) in [4.78, 5) is 19.1. The number of rotatable bonds is 5. The lowest BCUT2D eigenvalue weighted by atomic mass is 10.2. The SMILES string of the molecule is O=C(Nc1ccc(Nc2cc(N3CCCC3)cnn2)cc1)c1ccc2ncsc2c1. The van der Waals surface area contributed by atoms with Crippen LogP contribution in [0.5, 0.6) is 0 Å². The zero-order valence-electron chi connectivity index (χ0n) is 16.2. The first kappa shape index (κ1) is 18.5. The number of aromatic nitrogens is 3. The van der Waals surface area contributed by atoms with Gasteiger partial charge in [-0.05, 0) is 55.3 Å². The second kappa shape index (κ2) is 8.08. The summed E-state index contributed by atoms with van der Waals surface area (Å²) in [5.74, 6) is 0.559. The molecule has 0 unspecified atom stereocenters. The third-order valence-electron chi connectivity index (χ3n) is 5.12. The van der Waals surface area contributed by atoms with Gasteiger partial charge in [-0.1, -0.05) is 0 Å². The van der Waals surface area contributed by atoms with E-state index in [2.05, 4.69) is 30.7 Å². The van der Waals surface area contributed by atoms with Gasteiger partial charge in [-0.15, -0.1) is 16.4 Å². The lowest BCUT2D eigenvalue weighted by Crippen LogP contribution is -2.18. The van der Waals surface area contributed by atoms with E-state index in [4.69, 9.17) is 0 Å². The highest BCUT2D eigenvalue weighted by Gasteiger charge is 2.13. The number of amides is 1. The highest BCUT2D eigenvalue weighted by Crippen LogP contribution is 2.24. The average Bonchev–Trinajstić information content (AvgIpc) is 3.47. The number of benzene rings is 2. The second-order valence-electron chi connectivity index (χ2n) is 7.18. The molecule has 4 aromatic rings. The van der Waals surface area contributed by atoms with Crippen molar-refractivity contribution in [1.29, 1.82) is 0 Å². The lowest BCUT2D eigenvalue weighted by Gasteiger charge is -2.17. The molecule has 8 heteroatoms. The highest BCUT2D eigenvalue weighted by atomic mass is 32.1. The van der Waals surface area contributed by atoms with Crippen LogP contribution in [-0.4, -0.2) is 34.2 Å². The maximum Gasteiger partial charge on any atom is 0.255 e. The van der Waals surface area contributed by atoms with Gasteiger partial charge in [-0.2, -0.15) is 5.10 Å². The van der Waals surface area contributed by atoms with Gasteiger partial charge in [0.2, 0.25) is 0 Å². The van der Waals surface area contributed by atoms with Crippen molar-refractivity contribution in [1.82, 2.24) is 15.2 Å². The van der Waals surface area contributed by atoms with Crippen LogP contribution in [0.25, 0.3) is 10.2 Å². The van der Waals surface area contributed by atoms with Gasteiger partial charge < -0.3 is 15.5 Å². The fourth-order valence-corrected chi connectivity index (χ4v) is 4.27. The molecule has 2 N–H and O–H groups in total. The predicted molar refractivity (Wildman–Crippen MR) is 121 cm³/mol. The molecule has 150 valence electrons. The van der Waals surface area contributed by atoms with E-state index in [0.29, 0.717) is 11.4 Å². The van der Waals surface area contributed by atoms with Gasteiger partial charge in [0.1, 0.15) is 0 Å². The quantitative estimate of drug-likeness (QED) is 0.491. The number of fused-ring (bicyclic) bond motifs is 1. The predicted octanol–water partition coefficient (Wildman–Crippen LogP) is 4.68. The number of nitrogens with zero attached hydrogens (tertiary/aromatic N) is 4. The Hall–Kier alpha value is -3.52. The summed E-state index contributed by atoms with van der Waals surface area (Å²) >= 11 is 1.52. The van der Waals surface area contributed by atoms with Crippen LogP contribution in [0.4, 0.5) is 22.9 Å². The molecule has 2 aromatic carbocycles. The monoisotopic (exact) mass is 416 g/mol. The number of anilines is 4. The zero-order valence-corrected chi connectivity index (χ0v) is 17.0. The van der Waals surface area contributed by atoms with E-state index >= 15 is 0 Å². The van der Waals surface area contributed by atoms with E-state index in [1.807, 2.05) is 42.5 Å². The standard InChI is InChI=1S/C22H20N6OS/c29-22(15-3-8-19-20(11-15)30-14-23-19)26-17-6-4-16(5-7-17)25-21-12-18(13-24-27-21)28-9-1-2-10-28/h3-8,11-14H,1-2,9-10H2,(H,25,27)(H,26,29). The number of carbonyl (C=O) groups is 1. The molecule has 0 aliphatic carbocycles. The molecule has 0 bridgehead atoms. The summed E-state index contributed by atoms with van der Waals surface area (Å²) in [6, 6.07) is 15.1. The summed E-state index contributed by atoms with van der Waals surface area (Å²) in [6.45, 7) is 2.13. The summed E-state index contributed by atoms with van der Waals surface area (Å²) in [5, 5.41) is 14.5. The Balaban J connectivity index is 1.25. The molecule has 0 radical (unpaired) electrons. The van der Waals surface area contributed by atoms with E-state index in [1.54, 1.807) is 17.8 Å². The Kier molecular flexibility index (Phi) is 4.98. The topological polar surface area (TPSA) is 83.0 Å². The van der Waals surface area contributed by atoms with Crippen LogP contribution < -0.4 is 15.5 Å². The first-order chi connectivity index (χ1) is 14.7. The Morgan fingerprint density at radius 3 is 2.63 bits per heavy atom. The molecule has 1 amide bonds. The summed E-state index contributed by atoms with van der Waals surface area (Å²) in [5.41, 5.74) is 6.00. The number of hydrogen-bond acceptors (Lipinski definition) is 7. The van der Waals surface area contributed by atoms with Gasteiger partial charge in [0.15, 0.2) is 5.82 Å². The van der Waals surface area contributed by atoms with Gasteiger partial charge in [-0.25, -0.2) is 4.98 Å². The Morgan fingerprint density at radius 1 is 1.00 bits per heavy atom. The third kappa shape index (κ3) is 3.95. The molecule has 0 atom stereocenters. The van der Waals surface area contributed by atoms with Crippen molar-refractivity contribution >= 4 is 50.3 Å². The summed E-state index contributed by atoms with van der Waals surface area (Å²) in [7, 11) is 0. The van der Waals surface area contributed by atoms with Crippen LogP contribution in [0, 0.1) is 0 Å². The van der Waals surface area contributed by atoms with Crippen LogP contribution >= 0.6 is 11.3 Å². The lowest BCUT2D eigenvalue weighted by molar-refractivity contribution is 0.102. The minimum Gasteiger partial charge on any atom is -0.370 e. The largest absolute Gasteiger partial charge is 0.370 e. The maximum atomic E-state index is 12.6. The minimum absolute atomic E-state index is 0.143. The number of hydrogen-bond donors (Lipinski definition) is 2. The van der Waals surface area contributed by atoms with Crippen LogP contribution in [0.2, 0.25) is 0 Å². The molecule has 2 aromatic heterocycles. The second-order valence-corrected chi connectivity index (χ2v) is 8.07. The molecular weight excluding hydrogens is 396 g/mol. The van der Waals surface area contributed by atoms with Crippen molar-refractivity contribution in [3.05, 3.63) is 65.8 Å². The molecule has 5 rings (SSSR count). The van der Waals surface area contributed by atoms with E-state index in [1.165, 1.54) is 24.2 Å². The molecule has 1 aliphatic rings. The fraction of sp³-hybridized carbons (Fsp3) is 0.182. The molecule has 0 spiro atoms. The maximum absolute atomic E-state index is 12.6. The molecule has 3 heterocycles. The van der Waals surface area contributed by atoms with Gasteiger partial charge >= 0.3 is 0 Å². The summed E-state index contributed by atoms with van der Waals surface area (Å²) in [6.07, 6.45) is 4.24. The van der Waals surface area contributed by atoms with Crippen molar-refractivity contribution in [3.8, 4) is 0 Å². The number of carbonyl (C=O) groups excluding carboxylic acids is 1. The Labute approximate surface area is 177 Å². The number of nitrogens with one attached hydrogen (secondary N) is 2. The van der Waals surface area contributed by atoms with Crippen LogP contribution in [0.3, 0.4) is 0 Å². The molecule has 7 nitrogen and oxygen atoms in total. The van der Waals surface area contributed by atoms with E-state index < -0.39 is 0 Å². The average molecular weight is 417 g/mol. The van der Waals surface area contributed by atoms with Crippen molar-refractivity contribution in [2.24, 2.45) is 0 Å². The molecule has 1 aliphatic heterocycles. The molecule has 1 fully saturated rings. The van der Waals surface area contributed by atoms with E-state index in [9.17, 15) is 4.79 Å². The Morgan fingerprint density at radius 2 is 1.80 bits per heavy atom. The molecule has 30 heavy (non-hydrogen) atoms. The minimum atomic E-state index is -0.143.